The quantitative estimate of drug-likeness (QED) is 0.691. The molecule has 0 fully saturated rings. The van der Waals surface area contributed by atoms with Crippen LogP contribution < -0.4 is 15.0 Å². The fourth-order valence-corrected chi connectivity index (χ4v) is 3.35. The van der Waals surface area contributed by atoms with Crippen LogP contribution in [0.15, 0.2) is 66.7 Å². The highest BCUT2D eigenvalue weighted by Gasteiger charge is 2.35. The molecule has 0 bridgehead atoms. The van der Waals surface area contributed by atoms with E-state index in [1.165, 1.54) is 17.0 Å². The van der Waals surface area contributed by atoms with Gasteiger partial charge in [0.05, 0.1) is 17.9 Å². The monoisotopic (exact) mass is 378 g/mol. The maximum atomic E-state index is 14.6. The molecule has 3 aromatic rings. The summed E-state index contributed by atoms with van der Waals surface area (Å²) in [7, 11) is 0. The summed E-state index contributed by atoms with van der Waals surface area (Å²) in [5.74, 6) is -0.492. The van der Waals surface area contributed by atoms with E-state index in [-0.39, 0.29) is 17.3 Å². The van der Waals surface area contributed by atoms with E-state index < -0.39 is 12.0 Å². The second-order valence-corrected chi connectivity index (χ2v) is 6.38. The van der Waals surface area contributed by atoms with E-state index in [9.17, 15) is 14.3 Å². The Kier molecular flexibility index (Phi) is 4.61. The number of hydrogen-bond acceptors (Lipinski definition) is 4. The van der Waals surface area contributed by atoms with Crippen LogP contribution in [0.3, 0.4) is 0 Å². The van der Waals surface area contributed by atoms with Gasteiger partial charge in [0.15, 0.2) is 11.5 Å². The van der Waals surface area contributed by atoms with Gasteiger partial charge in [0.25, 0.3) is 5.91 Å². The minimum absolute atomic E-state index is 0.00516. The lowest BCUT2D eigenvalue weighted by atomic mass is 10.0. The molecule has 6 heteroatoms. The summed E-state index contributed by atoms with van der Waals surface area (Å²) in [6, 6.07) is 18.1. The van der Waals surface area contributed by atoms with Crippen LogP contribution in [0.25, 0.3) is 0 Å². The molecule has 0 saturated carbocycles. The molecule has 1 aliphatic heterocycles. The lowest BCUT2D eigenvalue weighted by Crippen LogP contribution is -2.43. The van der Waals surface area contributed by atoms with Crippen LogP contribution in [0, 0.1) is 5.82 Å². The van der Waals surface area contributed by atoms with Crippen molar-refractivity contribution in [2.45, 2.75) is 13.1 Å². The van der Waals surface area contributed by atoms with E-state index in [4.69, 9.17) is 4.74 Å². The highest BCUT2D eigenvalue weighted by molar-refractivity contribution is 6.12. The van der Waals surface area contributed by atoms with Gasteiger partial charge in [-0.25, -0.2) is 4.39 Å². The minimum Gasteiger partial charge on any atom is -0.504 e. The van der Waals surface area contributed by atoms with Crippen molar-refractivity contribution in [3.05, 3.63) is 83.7 Å². The van der Waals surface area contributed by atoms with Crippen LogP contribution in [-0.2, 0) is 0 Å². The third-order valence-electron chi connectivity index (χ3n) is 4.64. The Labute approximate surface area is 162 Å². The van der Waals surface area contributed by atoms with Gasteiger partial charge < -0.3 is 15.2 Å². The molecule has 28 heavy (non-hydrogen) atoms. The Morgan fingerprint density at radius 3 is 2.64 bits per heavy atom. The molecule has 2 N–H and O–H groups in total. The highest BCUT2D eigenvalue weighted by Crippen LogP contribution is 2.39. The van der Waals surface area contributed by atoms with E-state index in [0.29, 0.717) is 29.2 Å². The first-order valence-corrected chi connectivity index (χ1v) is 8.99. The molecule has 0 unspecified atom stereocenters. The molecule has 1 aliphatic rings. The second-order valence-electron chi connectivity index (χ2n) is 6.38. The number of benzene rings is 3. The van der Waals surface area contributed by atoms with Crippen molar-refractivity contribution in [2.75, 3.05) is 16.8 Å². The van der Waals surface area contributed by atoms with Crippen molar-refractivity contribution in [2.24, 2.45) is 0 Å². The number of nitrogens with one attached hydrogen (secondary N) is 1. The average molecular weight is 378 g/mol. The molecular formula is C22H19FN2O3. The van der Waals surface area contributed by atoms with Crippen LogP contribution >= 0.6 is 0 Å². The zero-order valence-electron chi connectivity index (χ0n) is 15.2. The predicted octanol–water partition coefficient (Wildman–Crippen LogP) is 4.70. The number of hydrogen-bond donors (Lipinski definition) is 2. The molecule has 0 aliphatic carbocycles. The lowest BCUT2D eigenvalue weighted by molar-refractivity contribution is 0.0974. The third kappa shape index (κ3) is 3.03. The molecule has 5 nitrogen and oxygen atoms in total. The predicted molar refractivity (Wildman–Crippen MR) is 105 cm³/mol. The summed E-state index contributed by atoms with van der Waals surface area (Å²) < 4.78 is 20.1. The molecule has 142 valence electrons. The number of nitrogens with zero attached hydrogens (tertiary/aromatic N) is 1. The van der Waals surface area contributed by atoms with E-state index in [1.54, 1.807) is 42.5 Å². The third-order valence-corrected chi connectivity index (χ3v) is 4.64. The minimum atomic E-state index is -0.667. The summed E-state index contributed by atoms with van der Waals surface area (Å²) >= 11 is 0. The smallest absolute Gasteiger partial charge is 0.262 e. The van der Waals surface area contributed by atoms with Crippen molar-refractivity contribution in [3.8, 4) is 11.5 Å². The van der Waals surface area contributed by atoms with Gasteiger partial charge in [-0.05, 0) is 48.9 Å². The van der Waals surface area contributed by atoms with Gasteiger partial charge in [0.2, 0.25) is 0 Å². The number of para-hydroxylation sites is 2. The molecule has 0 radical (unpaired) electrons. The number of aromatic hydroxyl groups is 1. The molecule has 1 amide bonds. The first kappa shape index (κ1) is 17.9. The summed E-state index contributed by atoms with van der Waals surface area (Å²) in [5, 5.41) is 13.3. The number of phenols is 1. The molecule has 1 atom stereocenters. The van der Waals surface area contributed by atoms with Gasteiger partial charge in [-0.3, -0.25) is 9.69 Å². The number of carbonyl (C=O) groups is 1. The first-order valence-electron chi connectivity index (χ1n) is 8.99. The number of rotatable bonds is 4. The molecule has 4 rings (SSSR count). The van der Waals surface area contributed by atoms with Crippen LogP contribution in [0.1, 0.15) is 29.0 Å². The summed E-state index contributed by atoms with van der Waals surface area (Å²) in [6.07, 6.45) is -0.667. The summed E-state index contributed by atoms with van der Waals surface area (Å²) in [4.78, 5) is 14.7. The number of phenolic OH excluding ortho intramolecular Hbond substituents is 1. The Morgan fingerprint density at radius 1 is 1.11 bits per heavy atom. The largest absolute Gasteiger partial charge is 0.504 e. The summed E-state index contributed by atoms with van der Waals surface area (Å²) in [6.45, 7) is 2.20. The van der Waals surface area contributed by atoms with Crippen LogP contribution in [0.4, 0.5) is 15.8 Å². The van der Waals surface area contributed by atoms with Crippen molar-refractivity contribution in [1.82, 2.24) is 0 Å². The molecule has 0 aromatic heterocycles. The maximum Gasteiger partial charge on any atom is 0.262 e. The average Bonchev–Trinajstić information content (AvgIpc) is 2.71. The van der Waals surface area contributed by atoms with Gasteiger partial charge in [0, 0.05) is 5.69 Å². The normalized spacial score (nSPS) is 15.7. The number of ether oxygens (including phenoxy) is 1. The number of amides is 1. The van der Waals surface area contributed by atoms with Crippen LogP contribution in [-0.4, -0.2) is 17.6 Å². The van der Waals surface area contributed by atoms with Gasteiger partial charge in [-0.2, -0.15) is 0 Å². The van der Waals surface area contributed by atoms with Crippen molar-refractivity contribution >= 4 is 17.3 Å². The SMILES string of the molecule is CCOc1cc([C@@H]2Nc3ccccc3C(=O)N2c2ccccc2F)ccc1O. The van der Waals surface area contributed by atoms with Crippen molar-refractivity contribution in [1.29, 1.82) is 0 Å². The van der Waals surface area contributed by atoms with Crippen molar-refractivity contribution in [3.63, 3.8) is 0 Å². The highest BCUT2D eigenvalue weighted by atomic mass is 19.1. The number of halogens is 1. The first-order chi connectivity index (χ1) is 13.6. The zero-order valence-corrected chi connectivity index (χ0v) is 15.2. The van der Waals surface area contributed by atoms with Crippen LogP contribution in [0.5, 0.6) is 11.5 Å². The standard InChI is InChI=1S/C22H19FN2O3/c1-2-28-20-13-14(11-12-19(20)26)21-24-17-9-5-3-7-15(17)22(27)25(21)18-10-6-4-8-16(18)23/h3-13,21,24,26H,2H2,1H3/t21-/m1/s1. The maximum absolute atomic E-state index is 14.6. The van der Waals surface area contributed by atoms with Crippen molar-refractivity contribution < 1.29 is 19.0 Å². The van der Waals surface area contributed by atoms with Crippen LogP contribution in [0.2, 0.25) is 0 Å². The Balaban J connectivity index is 1.87. The Bertz CT molecular complexity index is 1040. The fourth-order valence-electron chi connectivity index (χ4n) is 3.35. The van der Waals surface area contributed by atoms with E-state index in [1.807, 2.05) is 19.1 Å². The molecule has 1 heterocycles. The molecule has 3 aromatic carbocycles. The summed E-state index contributed by atoms with van der Waals surface area (Å²) in [5.41, 5.74) is 1.96. The second kappa shape index (κ2) is 7.23. The van der Waals surface area contributed by atoms with Gasteiger partial charge in [-0.15, -0.1) is 0 Å². The zero-order chi connectivity index (χ0) is 19.7. The number of fused-ring (bicyclic) bond motifs is 1. The molecule has 0 spiro atoms. The number of anilines is 2. The van der Waals surface area contributed by atoms with E-state index in [0.717, 1.165) is 0 Å². The van der Waals surface area contributed by atoms with Gasteiger partial charge >= 0.3 is 0 Å². The topological polar surface area (TPSA) is 61.8 Å². The molecular weight excluding hydrogens is 359 g/mol. The Morgan fingerprint density at radius 2 is 1.86 bits per heavy atom. The van der Waals surface area contributed by atoms with E-state index in [2.05, 4.69) is 5.32 Å². The van der Waals surface area contributed by atoms with Gasteiger partial charge in [0.1, 0.15) is 12.0 Å². The number of carbonyl (C=O) groups excluding carboxylic acids is 1. The fraction of sp³-hybridized carbons (Fsp3) is 0.136. The molecule has 0 saturated heterocycles. The van der Waals surface area contributed by atoms with E-state index >= 15 is 0 Å². The van der Waals surface area contributed by atoms with Gasteiger partial charge in [-0.1, -0.05) is 30.3 Å². The Hall–Kier alpha value is -3.54. The lowest BCUT2D eigenvalue weighted by Gasteiger charge is -2.38.